The predicted molar refractivity (Wildman–Crippen MR) is 122 cm³/mol. The molecule has 5 nitrogen and oxygen atoms in total. The summed E-state index contributed by atoms with van der Waals surface area (Å²) in [5, 5.41) is 5.52. The zero-order valence-corrected chi connectivity index (χ0v) is 20.1. The van der Waals surface area contributed by atoms with Crippen molar-refractivity contribution in [3.05, 3.63) is 74.5 Å². The second-order valence-corrected chi connectivity index (χ2v) is 9.24. The van der Waals surface area contributed by atoms with Crippen molar-refractivity contribution in [2.24, 2.45) is 5.16 Å². The number of carbonyl (C=O) groups is 1. The number of nitrogens with zero attached hydrogens (tertiary/aromatic N) is 2. The minimum atomic E-state index is -4.91. The molecule has 1 aliphatic heterocycles. The molecule has 1 unspecified atom stereocenters. The number of amides is 1. The Bertz CT molecular complexity index is 1380. The standard InChI is InChI=1S/C23H17Cl2F6N3O2/c1-11-5-12(2)34-18(4-3-16(19(11)34)20(35)32-10-22(26,27)28)17-9-21(36-33-17,23(29,30)31)13-6-14(24)8-15(25)7-13/h3-8H,9-10H2,1-2H3,(H,32,35). The van der Waals surface area contributed by atoms with Crippen molar-refractivity contribution in [1.29, 1.82) is 0 Å². The summed E-state index contributed by atoms with van der Waals surface area (Å²) >= 11 is 11.9. The minimum absolute atomic E-state index is 0.0216. The summed E-state index contributed by atoms with van der Waals surface area (Å²) in [4.78, 5) is 17.6. The van der Waals surface area contributed by atoms with Crippen molar-refractivity contribution in [2.45, 2.75) is 38.2 Å². The van der Waals surface area contributed by atoms with Gasteiger partial charge in [-0.2, -0.15) is 26.3 Å². The van der Waals surface area contributed by atoms with Crippen molar-refractivity contribution in [1.82, 2.24) is 9.72 Å². The Morgan fingerprint density at radius 3 is 2.31 bits per heavy atom. The number of aromatic nitrogens is 1. The van der Waals surface area contributed by atoms with E-state index in [2.05, 4.69) is 5.16 Å². The lowest BCUT2D eigenvalue weighted by Gasteiger charge is -2.29. The van der Waals surface area contributed by atoms with Gasteiger partial charge in [-0.25, -0.2) is 0 Å². The van der Waals surface area contributed by atoms with Gasteiger partial charge in [-0.1, -0.05) is 28.4 Å². The largest absolute Gasteiger partial charge is 0.435 e. The molecule has 36 heavy (non-hydrogen) atoms. The topological polar surface area (TPSA) is 55.1 Å². The van der Waals surface area contributed by atoms with Crippen molar-refractivity contribution < 1.29 is 36.0 Å². The van der Waals surface area contributed by atoms with Gasteiger partial charge in [0, 0.05) is 21.3 Å². The molecule has 13 heteroatoms. The molecule has 0 saturated heterocycles. The first kappa shape index (κ1) is 26.2. The Balaban J connectivity index is 1.79. The fraction of sp³-hybridized carbons (Fsp3) is 0.304. The van der Waals surface area contributed by atoms with Gasteiger partial charge in [-0.05, 0) is 55.8 Å². The molecule has 192 valence electrons. The predicted octanol–water partition coefficient (Wildman–Crippen LogP) is 6.74. The maximum absolute atomic E-state index is 14.4. The Morgan fingerprint density at radius 2 is 1.72 bits per heavy atom. The summed E-state index contributed by atoms with van der Waals surface area (Å²) in [6, 6.07) is 7.69. The van der Waals surface area contributed by atoms with Crippen molar-refractivity contribution in [2.75, 3.05) is 6.54 Å². The number of pyridine rings is 1. The van der Waals surface area contributed by atoms with E-state index in [9.17, 15) is 31.1 Å². The molecule has 1 aliphatic rings. The summed E-state index contributed by atoms with van der Waals surface area (Å²) < 4.78 is 82.4. The Morgan fingerprint density at radius 1 is 1.08 bits per heavy atom. The second-order valence-electron chi connectivity index (χ2n) is 8.37. The Kier molecular flexibility index (Phi) is 6.45. The number of hydrogen-bond acceptors (Lipinski definition) is 3. The van der Waals surface area contributed by atoms with E-state index in [1.165, 1.54) is 22.6 Å². The van der Waals surface area contributed by atoms with Crippen LogP contribution in [0, 0.1) is 13.8 Å². The summed E-state index contributed by atoms with van der Waals surface area (Å²) in [5.74, 6) is -0.979. The van der Waals surface area contributed by atoms with Gasteiger partial charge in [0.25, 0.3) is 11.5 Å². The molecule has 0 aliphatic carbocycles. The summed E-state index contributed by atoms with van der Waals surface area (Å²) in [5.41, 5.74) is -1.89. The lowest BCUT2D eigenvalue weighted by Crippen LogP contribution is -2.42. The van der Waals surface area contributed by atoms with Gasteiger partial charge in [0.15, 0.2) is 0 Å². The monoisotopic (exact) mass is 551 g/mol. The van der Waals surface area contributed by atoms with Crippen LogP contribution in [-0.2, 0) is 10.4 Å². The molecule has 1 N–H and O–H groups in total. The van der Waals surface area contributed by atoms with Crippen LogP contribution in [0.1, 0.15) is 39.3 Å². The van der Waals surface area contributed by atoms with Crippen LogP contribution in [0.2, 0.25) is 10.0 Å². The van der Waals surface area contributed by atoms with Crippen LogP contribution in [0.25, 0.3) is 5.52 Å². The number of aryl methyl sites for hydroxylation is 2. The molecule has 1 aromatic carbocycles. The normalized spacial score (nSPS) is 18.3. The van der Waals surface area contributed by atoms with Crippen molar-refractivity contribution >= 4 is 40.3 Å². The molecular weight excluding hydrogens is 535 g/mol. The van der Waals surface area contributed by atoms with Crippen molar-refractivity contribution in [3.8, 4) is 0 Å². The number of oxime groups is 1. The minimum Gasteiger partial charge on any atom is -0.374 e. The number of nitrogens with one attached hydrogen (secondary N) is 1. The average molecular weight is 552 g/mol. The van der Waals surface area contributed by atoms with Crippen LogP contribution >= 0.6 is 23.2 Å². The fourth-order valence-corrected chi connectivity index (χ4v) is 4.80. The first-order valence-corrected chi connectivity index (χ1v) is 11.1. The van der Waals surface area contributed by atoms with E-state index < -0.39 is 36.8 Å². The van der Waals surface area contributed by atoms with Gasteiger partial charge in [-0.15, -0.1) is 0 Å². The van der Waals surface area contributed by atoms with Gasteiger partial charge in [0.2, 0.25) is 0 Å². The molecular formula is C23H17Cl2F6N3O2. The molecule has 1 amide bonds. The van der Waals surface area contributed by atoms with Crippen LogP contribution in [0.15, 0.2) is 41.6 Å². The third-order valence-corrected chi connectivity index (χ3v) is 6.22. The number of rotatable bonds is 4. The molecule has 0 saturated carbocycles. The molecule has 0 radical (unpaired) electrons. The maximum Gasteiger partial charge on any atom is 0.435 e. The lowest BCUT2D eigenvalue weighted by atomic mass is 9.87. The third-order valence-electron chi connectivity index (χ3n) is 5.78. The molecule has 0 spiro atoms. The highest BCUT2D eigenvalue weighted by Crippen LogP contribution is 2.49. The molecule has 1 atom stereocenters. The van der Waals surface area contributed by atoms with Crippen LogP contribution in [0.5, 0.6) is 0 Å². The molecule has 0 fully saturated rings. The molecule has 3 aromatic rings. The average Bonchev–Trinajstić information content (AvgIpc) is 3.33. The summed E-state index contributed by atoms with van der Waals surface area (Å²) in [6.45, 7) is 1.74. The van der Waals surface area contributed by atoms with E-state index in [1.54, 1.807) is 19.9 Å². The van der Waals surface area contributed by atoms with Gasteiger partial charge < -0.3 is 14.6 Å². The zero-order valence-electron chi connectivity index (χ0n) is 18.6. The zero-order chi connectivity index (χ0) is 26.6. The number of hydrogen-bond donors (Lipinski definition) is 1. The highest BCUT2D eigenvalue weighted by Gasteiger charge is 2.62. The van der Waals surface area contributed by atoms with E-state index in [0.717, 1.165) is 12.1 Å². The number of alkyl halides is 6. The van der Waals surface area contributed by atoms with Crippen LogP contribution in [0.4, 0.5) is 26.3 Å². The smallest absolute Gasteiger partial charge is 0.374 e. The molecule has 2 aromatic heterocycles. The van der Waals surface area contributed by atoms with Gasteiger partial charge in [0.05, 0.1) is 23.2 Å². The number of carbonyl (C=O) groups excluding carboxylic acids is 1. The Hall–Kier alpha value is -2.92. The SMILES string of the molecule is Cc1cc(C)n2c(C3=NOC(c4cc(Cl)cc(Cl)c4)(C(F)(F)F)C3)ccc(C(=O)NCC(F)(F)F)c12. The van der Waals surface area contributed by atoms with Gasteiger partial charge >= 0.3 is 12.4 Å². The molecule has 0 bridgehead atoms. The van der Waals surface area contributed by atoms with E-state index in [1.807, 2.05) is 5.32 Å². The van der Waals surface area contributed by atoms with Gasteiger partial charge in [0.1, 0.15) is 12.3 Å². The van der Waals surface area contributed by atoms with E-state index >= 15 is 0 Å². The second kappa shape index (κ2) is 8.88. The number of fused-ring (bicyclic) bond motifs is 1. The summed E-state index contributed by atoms with van der Waals surface area (Å²) in [7, 11) is 0. The van der Waals surface area contributed by atoms with E-state index in [4.69, 9.17) is 28.0 Å². The number of benzene rings is 1. The van der Waals surface area contributed by atoms with Gasteiger partial charge in [-0.3, -0.25) is 4.79 Å². The molecule has 3 heterocycles. The van der Waals surface area contributed by atoms with Crippen molar-refractivity contribution in [3.63, 3.8) is 0 Å². The fourth-order valence-electron chi connectivity index (χ4n) is 4.27. The molecule has 4 rings (SSSR count). The van der Waals surface area contributed by atoms with Crippen LogP contribution in [0.3, 0.4) is 0 Å². The first-order valence-electron chi connectivity index (χ1n) is 10.4. The summed E-state index contributed by atoms with van der Waals surface area (Å²) in [6.07, 6.45) is -10.3. The Labute approximate surface area is 210 Å². The van der Waals surface area contributed by atoms with Crippen LogP contribution in [-0.4, -0.2) is 34.9 Å². The maximum atomic E-state index is 14.4. The highest BCUT2D eigenvalue weighted by molar-refractivity contribution is 6.34. The van der Waals surface area contributed by atoms with E-state index in [-0.39, 0.29) is 38.1 Å². The van der Waals surface area contributed by atoms with Crippen LogP contribution < -0.4 is 5.32 Å². The first-order chi connectivity index (χ1) is 16.6. The van der Waals surface area contributed by atoms with E-state index in [0.29, 0.717) is 11.3 Å². The quantitative estimate of drug-likeness (QED) is 0.365. The lowest BCUT2D eigenvalue weighted by molar-refractivity contribution is -0.275. The number of halogens is 8. The third kappa shape index (κ3) is 4.61. The highest BCUT2D eigenvalue weighted by atomic mass is 35.5.